The molecule has 0 saturated heterocycles. The van der Waals surface area contributed by atoms with E-state index in [2.05, 4.69) is 25.0 Å². The molecule has 3 aliphatic carbocycles. The molecule has 1 aromatic rings. The van der Waals surface area contributed by atoms with Gasteiger partial charge in [0.25, 0.3) is 0 Å². The highest BCUT2D eigenvalue weighted by Crippen LogP contribution is 2.64. The number of rotatable bonds is 0. The van der Waals surface area contributed by atoms with E-state index < -0.39 is 5.60 Å². The SMILES string of the molecule is C#C[C@]1(O)CC[C@H]2[C@@H]3CCc4cc5c(cc4[C@H]3CC[C@@]21C)OCO5. The Hall–Kier alpha value is -1.66. The largest absolute Gasteiger partial charge is 0.454 e. The average molecular weight is 324 g/mol. The number of aryl methyl sites for hydroxylation is 1. The van der Waals surface area contributed by atoms with Crippen LogP contribution in [0.5, 0.6) is 11.5 Å². The molecule has 5 atom stereocenters. The first kappa shape index (κ1) is 14.7. The fourth-order valence-corrected chi connectivity index (χ4v) is 6.21. The molecule has 5 rings (SSSR count). The van der Waals surface area contributed by atoms with E-state index in [0.29, 0.717) is 24.5 Å². The van der Waals surface area contributed by atoms with E-state index >= 15 is 0 Å². The number of hydrogen-bond donors (Lipinski definition) is 1. The van der Waals surface area contributed by atoms with Crippen LogP contribution in [-0.2, 0) is 6.42 Å². The Labute approximate surface area is 143 Å². The minimum absolute atomic E-state index is 0.128. The summed E-state index contributed by atoms with van der Waals surface area (Å²) in [4.78, 5) is 0. The Bertz CT molecular complexity index is 748. The van der Waals surface area contributed by atoms with Crippen molar-refractivity contribution in [2.24, 2.45) is 17.3 Å². The van der Waals surface area contributed by atoms with E-state index in [4.69, 9.17) is 15.9 Å². The molecule has 3 heteroatoms. The van der Waals surface area contributed by atoms with Gasteiger partial charge in [0.15, 0.2) is 11.5 Å². The maximum Gasteiger partial charge on any atom is 0.231 e. The van der Waals surface area contributed by atoms with Crippen molar-refractivity contribution in [2.45, 2.75) is 57.0 Å². The third-order valence-corrected chi connectivity index (χ3v) is 7.61. The molecule has 0 aromatic heterocycles. The van der Waals surface area contributed by atoms with E-state index in [1.54, 1.807) is 0 Å². The summed E-state index contributed by atoms with van der Waals surface area (Å²) in [6.45, 7) is 2.57. The van der Waals surface area contributed by atoms with Crippen molar-refractivity contribution in [1.82, 2.24) is 0 Å². The normalized spacial score (nSPS) is 42.0. The summed E-state index contributed by atoms with van der Waals surface area (Å²) in [6.07, 6.45) is 11.9. The van der Waals surface area contributed by atoms with Crippen molar-refractivity contribution >= 4 is 0 Å². The number of hydrogen-bond acceptors (Lipinski definition) is 3. The second kappa shape index (κ2) is 4.70. The lowest BCUT2D eigenvalue weighted by Gasteiger charge is -2.52. The van der Waals surface area contributed by atoms with E-state index in [9.17, 15) is 5.11 Å². The maximum atomic E-state index is 11.0. The molecule has 0 unspecified atom stereocenters. The van der Waals surface area contributed by atoms with E-state index in [1.807, 2.05) is 0 Å². The predicted molar refractivity (Wildman–Crippen MR) is 91.0 cm³/mol. The van der Waals surface area contributed by atoms with Crippen molar-refractivity contribution in [2.75, 3.05) is 6.79 Å². The lowest BCUT2D eigenvalue weighted by Crippen LogP contribution is -2.50. The third kappa shape index (κ3) is 1.68. The van der Waals surface area contributed by atoms with Gasteiger partial charge in [-0.2, -0.15) is 0 Å². The van der Waals surface area contributed by atoms with E-state index in [-0.39, 0.29) is 5.41 Å². The zero-order valence-electron chi connectivity index (χ0n) is 14.2. The molecular weight excluding hydrogens is 300 g/mol. The van der Waals surface area contributed by atoms with Crippen LogP contribution in [0.25, 0.3) is 0 Å². The van der Waals surface area contributed by atoms with Gasteiger partial charge in [-0.3, -0.25) is 0 Å². The molecule has 1 aromatic carbocycles. The van der Waals surface area contributed by atoms with Crippen LogP contribution < -0.4 is 9.47 Å². The fourth-order valence-electron chi connectivity index (χ4n) is 6.21. The first-order valence-electron chi connectivity index (χ1n) is 9.18. The molecule has 0 bridgehead atoms. The first-order chi connectivity index (χ1) is 11.6. The van der Waals surface area contributed by atoms with Gasteiger partial charge < -0.3 is 14.6 Å². The van der Waals surface area contributed by atoms with Crippen LogP contribution in [0.3, 0.4) is 0 Å². The van der Waals surface area contributed by atoms with Crippen LogP contribution >= 0.6 is 0 Å². The zero-order valence-corrected chi connectivity index (χ0v) is 14.2. The fraction of sp³-hybridized carbons (Fsp3) is 0.619. The molecule has 4 aliphatic rings. The second-order valence-corrected chi connectivity index (χ2v) is 8.32. The van der Waals surface area contributed by atoms with Gasteiger partial charge >= 0.3 is 0 Å². The molecular formula is C21H24O3. The van der Waals surface area contributed by atoms with Gasteiger partial charge in [-0.15, -0.1) is 6.42 Å². The molecule has 24 heavy (non-hydrogen) atoms. The summed E-state index contributed by atoms with van der Waals surface area (Å²) < 4.78 is 11.2. The van der Waals surface area contributed by atoms with Crippen molar-refractivity contribution in [3.05, 3.63) is 23.3 Å². The lowest BCUT2D eigenvalue weighted by atomic mass is 9.53. The number of ether oxygens (including phenoxy) is 2. The smallest absolute Gasteiger partial charge is 0.231 e. The van der Waals surface area contributed by atoms with Crippen LogP contribution in [0.4, 0.5) is 0 Å². The third-order valence-electron chi connectivity index (χ3n) is 7.61. The number of fused-ring (bicyclic) bond motifs is 6. The molecule has 0 radical (unpaired) electrons. The minimum atomic E-state index is -0.919. The second-order valence-electron chi connectivity index (χ2n) is 8.32. The molecule has 2 fully saturated rings. The summed E-state index contributed by atoms with van der Waals surface area (Å²) in [5, 5.41) is 11.0. The topological polar surface area (TPSA) is 38.7 Å². The standard InChI is InChI=1S/C21H24O3/c1-3-21(22)9-7-17-15-5-4-13-10-18-19(24-12-23-18)11-16(13)14(15)6-8-20(17,21)2/h1,10-11,14-15,17,22H,4-9,12H2,2H3/t14-,15+,17-,20-,21-/m0/s1. The van der Waals surface area contributed by atoms with Crippen LogP contribution in [0.15, 0.2) is 12.1 Å². The Balaban J connectivity index is 1.54. The summed E-state index contributed by atoms with van der Waals surface area (Å²) in [6, 6.07) is 4.41. The number of aliphatic hydroxyl groups is 1. The number of terminal acetylenes is 1. The van der Waals surface area contributed by atoms with Gasteiger partial charge in [-0.05, 0) is 79.5 Å². The van der Waals surface area contributed by atoms with Crippen LogP contribution in [0.2, 0.25) is 0 Å². The molecule has 1 N–H and O–H groups in total. The Morgan fingerprint density at radius 3 is 2.75 bits per heavy atom. The monoisotopic (exact) mass is 324 g/mol. The Morgan fingerprint density at radius 2 is 1.96 bits per heavy atom. The van der Waals surface area contributed by atoms with Gasteiger partial charge in [0.2, 0.25) is 6.79 Å². The summed E-state index contributed by atoms with van der Waals surface area (Å²) in [5.41, 5.74) is 1.83. The number of benzene rings is 1. The van der Waals surface area contributed by atoms with Gasteiger partial charge in [0.1, 0.15) is 5.60 Å². The van der Waals surface area contributed by atoms with Crippen LogP contribution in [0.1, 0.15) is 56.1 Å². The van der Waals surface area contributed by atoms with Gasteiger partial charge in [-0.1, -0.05) is 12.8 Å². The van der Waals surface area contributed by atoms with Crippen molar-refractivity contribution in [3.63, 3.8) is 0 Å². The van der Waals surface area contributed by atoms with E-state index in [0.717, 1.165) is 43.6 Å². The molecule has 2 saturated carbocycles. The summed E-state index contributed by atoms with van der Waals surface area (Å²) in [7, 11) is 0. The van der Waals surface area contributed by atoms with E-state index in [1.165, 1.54) is 17.5 Å². The minimum Gasteiger partial charge on any atom is -0.454 e. The zero-order chi connectivity index (χ0) is 16.5. The molecule has 126 valence electrons. The molecule has 1 heterocycles. The first-order valence-corrected chi connectivity index (χ1v) is 9.18. The highest BCUT2D eigenvalue weighted by molar-refractivity contribution is 5.51. The Kier molecular flexibility index (Phi) is 2.87. The summed E-state index contributed by atoms with van der Waals surface area (Å²) >= 11 is 0. The van der Waals surface area contributed by atoms with Gasteiger partial charge in [0.05, 0.1) is 0 Å². The van der Waals surface area contributed by atoms with Crippen molar-refractivity contribution in [1.29, 1.82) is 0 Å². The van der Waals surface area contributed by atoms with Crippen LogP contribution in [0, 0.1) is 29.6 Å². The predicted octanol–water partition coefficient (Wildman–Crippen LogP) is 3.64. The average Bonchev–Trinajstić information content (AvgIpc) is 3.15. The highest BCUT2D eigenvalue weighted by atomic mass is 16.7. The van der Waals surface area contributed by atoms with Gasteiger partial charge in [0, 0.05) is 5.41 Å². The van der Waals surface area contributed by atoms with Crippen molar-refractivity contribution in [3.8, 4) is 23.8 Å². The maximum absolute atomic E-state index is 11.0. The van der Waals surface area contributed by atoms with Crippen molar-refractivity contribution < 1.29 is 14.6 Å². The highest BCUT2D eigenvalue weighted by Gasteiger charge is 2.61. The lowest BCUT2D eigenvalue weighted by molar-refractivity contribution is -0.0647. The quantitative estimate of drug-likeness (QED) is 0.741. The van der Waals surface area contributed by atoms with Crippen LogP contribution in [-0.4, -0.2) is 17.5 Å². The Morgan fingerprint density at radius 1 is 1.17 bits per heavy atom. The summed E-state index contributed by atoms with van der Waals surface area (Å²) in [5.74, 6) is 6.26. The van der Waals surface area contributed by atoms with Gasteiger partial charge in [-0.25, -0.2) is 0 Å². The molecule has 1 aliphatic heterocycles. The molecule has 0 spiro atoms. The molecule has 3 nitrogen and oxygen atoms in total. The molecule has 0 amide bonds.